The van der Waals surface area contributed by atoms with E-state index in [1.807, 2.05) is 6.07 Å². The predicted molar refractivity (Wildman–Crippen MR) is 125 cm³/mol. The smallest absolute Gasteiger partial charge is 0.300 e. The van der Waals surface area contributed by atoms with Crippen molar-refractivity contribution in [2.24, 2.45) is 0 Å². The van der Waals surface area contributed by atoms with E-state index in [2.05, 4.69) is 15.9 Å². The van der Waals surface area contributed by atoms with E-state index in [1.165, 1.54) is 19.1 Å². The van der Waals surface area contributed by atoms with E-state index in [-0.39, 0.29) is 11.3 Å². The normalized spacial score (nSPS) is 17.5. The standard InChI is InChI=1S/C25H20BrNO5/c1-31-18-11-12-19(20(14-18)32-2)22-21(23(28)15-7-4-3-5-8-15)24(29)25(30)27(22)17-10-6-9-16(26)13-17/h3-14,22,28H,1-2H3/b23-21+/t22-/m0/s1. The van der Waals surface area contributed by atoms with Crippen LogP contribution in [0.3, 0.4) is 0 Å². The SMILES string of the molecule is COc1ccc([C@H]2/C(=C(\O)c3ccccc3)C(=O)C(=O)N2c2cccc(Br)c2)c(OC)c1. The van der Waals surface area contributed by atoms with Crippen LogP contribution in [0.2, 0.25) is 0 Å². The quantitative estimate of drug-likeness (QED) is 0.304. The minimum atomic E-state index is -0.898. The number of carbonyl (C=O) groups is 2. The topological polar surface area (TPSA) is 76.1 Å². The molecule has 0 aliphatic carbocycles. The van der Waals surface area contributed by atoms with Gasteiger partial charge in [-0.25, -0.2) is 0 Å². The van der Waals surface area contributed by atoms with Crippen molar-refractivity contribution >= 4 is 39.1 Å². The van der Waals surface area contributed by atoms with E-state index in [1.54, 1.807) is 66.7 Å². The maximum Gasteiger partial charge on any atom is 0.300 e. The molecule has 4 rings (SSSR count). The molecule has 0 unspecified atom stereocenters. The van der Waals surface area contributed by atoms with Crippen LogP contribution in [0.15, 0.2) is 82.8 Å². The Morgan fingerprint density at radius 2 is 1.69 bits per heavy atom. The average Bonchev–Trinajstić information content (AvgIpc) is 3.08. The Kier molecular flexibility index (Phi) is 6.01. The van der Waals surface area contributed by atoms with Crippen LogP contribution < -0.4 is 14.4 Å². The second-order valence-electron chi connectivity index (χ2n) is 7.12. The van der Waals surface area contributed by atoms with Crippen molar-refractivity contribution in [3.8, 4) is 11.5 Å². The fourth-order valence-electron chi connectivity index (χ4n) is 3.81. The first-order valence-corrected chi connectivity index (χ1v) is 10.6. The zero-order valence-corrected chi connectivity index (χ0v) is 19.0. The second kappa shape index (κ2) is 8.88. The van der Waals surface area contributed by atoms with Crippen molar-refractivity contribution in [1.82, 2.24) is 0 Å². The third kappa shape index (κ3) is 3.76. The lowest BCUT2D eigenvalue weighted by atomic mass is 9.94. The summed E-state index contributed by atoms with van der Waals surface area (Å²) in [6.45, 7) is 0. The third-order valence-electron chi connectivity index (χ3n) is 5.31. The summed E-state index contributed by atoms with van der Waals surface area (Å²) in [6.07, 6.45) is 0. The molecule has 32 heavy (non-hydrogen) atoms. The van der Waals surface area contributed by atoms with Crippen molar-refractivity contribution in [1.29, 1.82) is 0 Å². The van der Waals surface area contributed by atoms with Crippen LogP contribution >= 0.6 is 15.9 Å². The Morgan fingerprint density at radius 3 is 2.34 bits per heavy atom. The largest absolute Gasteiger partial charge is 0.507 e. The first-order valence-electron chi connectivity index (χ1n) is 9.80. The number of nitrogens with zero attached hydrogens (tertiary/aromatic N) is 1. The maximum absolute atomic E-state index is 13.2. The minimum absolute atomic E-state index is 0.00959. The second-order valence-corrected chi connectivity index (χ2v) is 8.04. The summed E-state index contributed by atoms with van der Waals surface area (Å²) in [6, 6.07) is 20.0. The molecule has 1 aliphatic heterocycles. The number of hydrogen-bond acceptors (Lipinski definition) is 5. The number of hydrogen-bond donors (Lipinski definition) is 1. The van der Waals surface area contributed by atoms with Gasteiger partial charge >= 0.3 is 0 Å². The van der Waals surface area contributed by atoms with Gasteiger partial charge in [-0.3, -0.25) is 14.5 Å². The number of amides is 1. The number of ether oxygens (including phenoxy) is 2. The van der Waals surface area contributed by atoms with E-state index in [4.69, 9.17) is 9.47 Å². The van der Waals surface area contributed by atoms with Crippen molar-refractivity contribution in [2.75, 3.05) is 19.1 Å². The van der Waals surface area contributed by atoms with Crippen LogP contribution in [-0.2, 0) is 9.59 Å². The number of methoxy groups -OCH3 is 2. The van der Waals surface area contributed by atoms with Crippen molar-refractivity contribution < 1.29 is 24.2 Å². The molecule has 162 valence electrons. The number of anilines is 1. The van der Waals surface area contributed by atoms with Gasteiger partial charge in [-0.2, -0.15) is 0 Å². The van der Waals surface area contributed by atoms with Crippen LogP contribution in [0.25, 0.3) is 5.76 Å². The molecule has 0 bridgehead atoms. The lowest BCUT2D eigenvalue weighted by Crippen LogP contribution is -2.29. The Balaban J connectivity index is 2.00. The van der Waals surface area contributed by atoms with Gasteiger partial charge in [0.25, 0.3) is 11.7 Å². The zero-order chi connectivity index (χ0) is 22.8. The Bertz CT molecular complexity index is 1220. The molecule has 0 radical (unpaired) electrons. The average molecular weight is 494 g/mol. The summed E-state index contributed by atoms with van der Waals surface area (Å²) >= 11 is 3.42. The molecular formula is C25H20BrNO5. The molecule has 1 amide bonds. The highest BCUT2D eigenvalue weighted by atomic mass is 79.9. The number of aliphatic hydroxyl groups is 1. The monoisotopic (exact) mass is 493 g/mol. The maximum atomic E-state index is 13.2. The van der Waals surface area contributed by atoms with Gasteiger partial charge in [0.05, 0.1) is 25.8 Å². The molecule has 0 saturated carbocycles. The van der Waals surface area contributed by atoms with Crippen LogP contribution in [0.1, 0.15) is 17.2 Å². The molecule has 0 spiro atoms. The number of carbonyl (C=O) groups excluding carboxylic acids is 2. The van der Waals surface area contributed by atoms with E-state index < -0.39 is 17.7 Å². The summed E-state index contributed by atoms with van der Waals surface area (Å²) in [5.74, 6) is -0.759. The Labute approximate surface area is 193 Å². The van der Waals surface area contributed by atoms with Crippen molar-refractivity contribution in [3.05, 3.63) is 94.0 Å². The highest BCUT2D eigenvalue weighted by Gasteiger charge is 2.48. The van der Waals surface area contributed by atoms with Crippen LogP contribution in [0, 0.1) is 0 Å². The fourth-order valence-corrected chi connectivity index (χ4v) is 4.20. The van der Waals surface area contributed by atoms with Gasteiger partial charge in [0.2, 0.25) is 0 Å². The number of Topliss-reactive ketones (excluding diaryl/α,β-unsaturated/α-hetero) is 1. The molecular weight excluding hydrogens is 474 g/mol. The summed E-state index contributed by atoms with van der Waals surface area (Å²) < 4.78 is 11.6. The predicted octanol–water partition coefficient (Wildman–Crippen LogP) is 5.09. The fraction of sp³-hybridized carbons (Fsp3) is 0.120. The molecule has 3 aromatic carbocycles. The van der Waals surface area contributed by atoms with Crippen LogP contribution in [0.4, 0.5) is 5.69 Å². The van der Waals surface area contributed by atoms with Gasteiger partial charge in [-0.15, -0.1) is 0 Å². The summed E-state index contributed by atoms with van der Waals surface area (Å²) in [5, 5.41) is 11.1. The highest BCUT2D eigenvalue weighted by molar-refractivity contribution is 9.10. The lowest BCUT2D eigenvalue weighted by Gasteiger charge is -2.27. The van der Waals surface area contributed by atoms with Gasteiger partial charge in [0, 0.05) is 27.4 Å². The number of halogens is 1. The minimum Gasteiger partial charge on any atom is -0.507 e. The molecule has 1 atom stereocenters. The Hall–Kier alpha value is -3.58. The number of ketones is 1. The molecule has 1 fully saturated rings. The summed E-state index contributed by atoms with van der Waals surface area (Å²) in [5.41, 5.74) is 1.49. The van der Waals surface area contributed by atoms with E-state index in [0.717, 1.165) is 4.47 Å². The highest BCUT2D eigenvalue weighted by Crippen LogP contribution is 2.45. The van der Waals surface area contributed by atoms with E-state index in [9.17, 15) is 14.7 Å². The molecule has 0 aromatic heterocycles. The number of rotatable bonds is 5. The molecule has 3 aromatic rings. The van der Waals surface area contributed by atoms with Crippen molar-refractivity contribution in [2.45, 2.75) is 6.04 Å². The number of aliphatic hydroxyl groups excluding tert-OH is 1. The molecule has 1 aliphatic rings. The van der Waals surface area contributed by atoms with Gasteiger partial charge in [-0.05, 0) is 30.3 Å². The zero-order valence-electron chi connectivity index (χ0n) is 17.4. The van der Waals surface area contributed by atoms with Crippen LogP contribution in [0.5, 0.6) is 11.5 Å². The molecule has 7 heteroatoms. The summed E-state index contributed by atoms with van der Waals surface area (Å²) in [4.78, 5) is 27.8. The lowest BCUT2D eigenvalue weighted by molar-refractivity contribution is -0.132. The first kappa shape index (κ1) is 21.6. The third-order valence-corrected chi connectivity index (χ3v) is 5.81. The Morgan fingerprint density at radius 1 is 0.938 bits per heavy atom. The van der Waals surface area contributed by atoms with Crippen LogP contribution in [-0.4, -0.2) is 31.0 Å². The molecule has 1 heterocycles. The molecule has 1 N–H and O–H groups in total. The molecule has 1 saturated heterocycles. The van der Waals surface area contributed by atoms with Gasteiger partial charge in [0.1, 0.15) is 17.3 Å². The number of benzene rings is 3. The van der Waals surface area contributed by atoms with E-state index in [0.29, 0.717) is 28.3 Å². The summed E-state index contributed by atoms with van der Waals surface area (Å²) in [7, 11) is 3.04. The van der Waals surface area contributed by atoms with Gasteiger partial charge < -0.3 is 14.6 Å². The van der Waals surface area contributed by atoms with E-state index >= 15 is 0 Å². The molecule has 6 nitrogen and oxygen atoms in total. The van der Waals surface area contributed by atoms with Gasteiger partial charge in [0.15, 0.2) is 0 Å². The first-order chi connectivity index (χ1) is 15.5. The van der Waals surface area contributed by atoms with Crippen molar-refractivity contribution in [3.63, 3.8) is 0 Å². The van der Waals surface area contributed by atoms with Gasteiger partial charge in [-0.1, -0.05) is 52.3 Å².